The predicted octanol–water partition coefficient (Wildman–Crippen LogP) is 5.88. The summed E-state index contributed by atoms with van der Waals surface area (Å²) in [7, 11) is 0. The van der Waals surface area contributed by atoms with Gasteiger partial charge in [-0.25, -0.2) is 9.59 Å². The van der Waals surface area contributed by atoms with E-state index >= 15 is 0 Å². The van der Waals surface area contributed by atoms with E-state index in [-0.39, 0.29) is 35.9 Å². The largest absolute Gasteiger partial charge is 0.444 e. The number of hydrogen-bond donors (Lipinski definition) is 5. The predicted molar refractivity (Wildman–Crippen MR) is 193 cm³/mol. The number of nitrogens with one attached hydrogen (secondary N) is 5. The van der Waals surface area contributed by atoms with E-state index in [0.717, 1.165) is 46.0 Å². The highest BCUT2D eigenvalue weighted by Gasteiger charge is 2.30. The second-order valence-corrected chi connectivity index (χ2v) is 14.2. The number of aromatic nitrogens is 4. The fourth-order valence-electron chi connectivity index (χ4n) is 6.56. The van der Waals surface area contributed by atoms with E-state index in [1.54, 1.807) is 24.3 Å². The molecule has 6 rings (SSSR count). The molecule has 1 aliphatic carbocycles. The molecule has 1 atom stereocenters. The SMILES string of the molecule is Cc1ccc2[nH]ncc2c1-c1cccc(CC(NC(=O)C2CCC(CNC(=O)OC(C)(C)C)CC2)C(=O)Nc2ccc(-c3noc(=O)[nH]3)cc2)c1. The van der Waals surface area contributed by atoms with Gasteiger partial charge < -0.3 is 20.7 Å². The Kier molecular flexibility index (Phi) is 10.4. The van der Waals surface area contributed by atoms with E-state index in [0.29, 0.717) is 30.6 Å². The maximum atomic E-state index is 13.9. The van der Waals surface area contributed by atoms with Gasteiger partial charge >= 0.3 is 11.8 Å². The molecule has 1 saturated carbocycles. The summed E-state index contributed by atoms with van der Waals surface area (Å²) in [5, 5.41) is 20.8. The molecular weight excluding hydrogens is 650 g/mol. The second-order valence-electron chi connectivity index (χ2n) is 14.2. The summed E-state index contributed by atoms with van der Waals surface area (Å²) in [6.07, 6.45) is 4.48. The van der Waals surface area contributed by atoms with Crippen LogP contribution in [0.1, 0.15) is 57.6 Å². The molecule has 2 aromatic heterocycles. The number of rotatable bonds is 10. The number of ether oxygens (including phenoxy) is 1. The molecular formula is C38H43N7O6. The van der Waals surface area contributed by atoms with Gasteiger partial charge in [-0.3, -0.25) is 24.2 Å². The number of carbonyl (C=O) groups is 3. The monoisotopic (exact) mass is 693 g/mol. The molecule has 3 aromatic carbocycles. The van der Waals surface area contributed by atoms with E-state index in [2.05, 4.69) is 53.8 Å². The number of carbonyl (C=O) groups excluding carboxylic acids is 3. The molecule has 0 saturated heterocycles. The van der Waals surface area contributed by atoms with E-state index in [9.17, 15) is 19.2 Å². The number of aromatic amines is 2. The van der Waals surface area contributed by atoms with Gasteiger partial charge in [0.2, 0.25) is 11.8 Å². The summed E-state index contributed by atoms with van der Waals surface area (Å²) in [6.45, 7) is 8.01. The maximum Gasteiger partial charge on any atom is 0.439 e. The average Bonchev–Trinajstić information content (AvgIpc) is 3.76. The van der Waals surface area contributed by atoms with Crippen LogP contribution < -0.4 is 21.7 Å². The number of hydrogen-bond acceptors (Lipinski definition) is 8. The van der Waals surface area contributed by atoms with Crippen molar-refractivity contribution in [3.8, 4) is 22.5 Å². The molecule has 13 heteroatoms. The van der Waals surface area contributed by atoms with Crippen molar-refractivity contribution in [1.29, 1.82) is 0 Å². The summed E-state index contributed by atoms with van der Waals surface area (Å²) < 4.78 is 9.94. The summed E-state index contributed by atoms with van der Waals surface area (Å²) in [5.74, 6) is -0.930. The number of anilines is 1. The van der Waals surface area contributed by atoms with Crippen LogP contribution in [-0.4, -0.2) is 56.4 Å². The highest BCUT2D eigenvalue weighted by Crippen LogP contribution is 2.32. The van der Waals surface area contributed by atoms with E-state index < -0.39 is 23.5 Å². The second kappa shape index (κ2) is 15.0. The number of amides is 3. The smallest absolute Gasteiger partial charge is 0.439 e. The van der Waals surface area contributed by atoms with Gasteiger partial charge in [0.05, 0.1) is 11.7 Å². The van der Waals surface area contributed by atoms with Gasteiger partial charge in [0, 0.05) is 35.5 Å². The number of aryl methyl sites for hydroxylation is 1. The number of alkyl carbamates (subject to hydrolysis) is 1. The molecule has 5 N–H and O–H groups in total. The normalized spacial score (nSPS) is 16.7. The lowest BCUT2D eigenvalue weighted by molar-refractivity contribution is -0.130. The molecule has 13 nitrogen and oxygen atoms in total. The van der Waals surface area contributed by atoms with Crippen LogP contribution in [0, 0.1) is 18.8 Å². The summed E-state index contributed by atoms with van der Waals surface area (Å²) in [6, 6.07) is 18.0. The number of H-pyrrole nitrogens is 2. The van der Waals surface area contributed by atoms with Crippen LogP contribution >= 0.6 is 0 Å². The first-order chi connectivity index (χ1) is 24.4. The highest BCUT2D eigenvalue weighted by molar-refractivity contribution is 5.98. The van der Waals surface area contributed by atoms with Crippen LogP contribution in [0.4, 0.5) is 10.5 Å². The molecule has 51 heavy (non-hydrogen) atoms. The zero-order valence-electron chi connectivity index (χ0n) is 29.2. The Morgan fingerprint density at radius 3 is 2.47 bits per heavy atom. The van der Waals surface area contributed by atoms with E-state index in [1.165, 1.54) is 0 Å². The summed E-state index contributed by atoms with van der Waals surface area (Å²) >= 11 is 0. The van der Waals surface area contributed by atoms with Crippen molar-refractivity contribution in [3.05, 3.63) is 88.5 Å². The lowest BCUT2D eigenvalue weighted by Crippen LogP contribution is -2.48. The lowest BCUT2D eigenvalue weighted by atomic mass is 9.81. The molecule has 266 valence electrons. The minimum absolute atomic E-state index is 0.172. The molecule has 0 bridgehead atoms. The van der Waals surface area contributed by atoms with E-state index in [4.69, 9.17) is 4.74 Å². The van der Waals surface area contributed by atoms with Crippen LogP contribution in [0.25, 0.3) is 33.4 Å². The van der Waals surface area contributed by atoms with Crippen LogP contribution in [0.15, 0.2) is 76.2 Å². The molecule has 1 aliphatic rings. The Morgan fingerprint density at radius 1 is 1.00 bits per heavy atom. The average molecular weight is 694 g/mol. The topological polar surface area (TPSA) is 184 Å². The van der Waals surface area contributed by atoms with Gasteiger partial charge in [-0.15, -0.1) is 0 Å². The van der Waals surface area contributed by atoms with Gasteiger partial charge in [0.25, 0.3) is 0 Å². The van der Waals surface area contributed by atoms with Crippen molar-refractivity contribution in [2.75, 3.05) is 11.9 Å². The van der Waals surface area contributed by atoms with Gasteiger partial charge in [-0.2, -0.15) is 5.10 Å². The summed E-state index contributed by atoms with van der Waals surface area (Å²) in [4.78, 5) is 53.6. The summed E-state index contributed by atoms with van der Waals surface area (Å²) in [5.41, 5.74) is 5.51. The van der Waals surface area contributed by atoms with Gasteiger partial charge in [-0.05, 0) is 112 Å². The standard InChI is InChI=1S/C38H43N7O6/c1-22-8-17-30-29(21-40-44-30)32(22)27-7-5-6-24(18-27)19-31(35(47)41-28-15-13-25(14-16-28)33-43-37(49)51-45-33)42-34(46)26-11-9-23(10-12-26)20-39-36(48)50-38(2,3)4/h5-8,13-18,21,23,26,31H,9-12,19-20H2,1-4H3,(H,39,48)(H,40,44)(H,41,47)(H,42,46)(H,43,45,49). The molecule has 2 heterocycles. The number of fused-ring (bicyclic) bond motifs is 1. The van der Waals surface area contributed by atoms with Crippen molar-refractivity contribution in [1.82, 2.24) is 31.0 Å². The molecule has 0 spiro atoms. The zero-order chi connectivity index (χ0) is 36.1. The Labute approximate surface area is 294 Å². The van der Waals surface area contributed by atoms with Gasteiger partial charge in [0.15, 0.2) is 5.82 Å². The minimum Gasteiger partial charge on any atom is -0.444 e. The Bertz CT molecular complexity index is 2070. The van der Waals surface area contributed by atoms with Crippen molar-refractivity contribution < 1.29 is 23.6 Å². The van der Waals surface area contributed by atoms with Crippen molar-refractivity contribution in [2.45, 2.75) is 71.4 Å². The lowest BCUT2D eigenvalue weighted by Gasteiger charge is -2.29. The maximum absolute atomic E-state index is 13.9. The zero-order valence-corrected chi connectivity index (χ0v) is 29.2. The molecule has 5 aromatic rings. The number of nitrogens with zero attached hydrogens (tertiary/aromatic N) is 2. The molecule has 1 unspecified atom stereocenters. The fourth-order valence-corrected chi connectivity index (χ4v) is 6.56. The van der Waals surface area contributed by atoms with E-state index in [1.807, 2.05) is 57.3 Å². The Hall–Kier alpha value is -5.72. The third kappa shape index (κ3) is 8.91. The third-order valence-electron chi connectivity index (χ3n) is 9.14. The molecule has 0 radical (unpaired) electrons. The number of benzene rings is 3. The van der Waals surface area contributed by atoms with Crippen LogP contribution in [-0.2, 0) is 20.7 Å². The minimum atomic E-state index is -0.864. The quantitative estimate of drug-likeness (QED) is 0.120. The van der Waals surface area contributed by atoms with Gasteiger partial charge in [-0.1, -0.05) is 35.5 Å². The van der Waals surface area contributed by atoms with Crippen LogP contribution in [0.3, 0.4) is 0 Å². The fraction of sp³-hybridized carbons (Fsp3) is 0.368. The Morgan fingerprint density at radius 2 is 1.76 bits per heavy atom. The third-order valence-corrected chi connectivity index (χ3v) is 9.14. The first-order valence-electron chi connectivity index (χ1n) is 17.2. The van der Waals surface area contributed by atoms with Crippen LogP contribution in [0.2, 0.25) is 0 Å². The van der Waals surface area contributed by atoms with Gasteiger partial charge in [0.1, 0.15) is 11.6 Å². The van der Waals surface area contributed by atoms with Crippen molar-refractivity contribution in [3.63, 3.8) is 0 Å². The van der Waals surface area contributed by atoms with Crippen molar-refractivity contribution >= 4 is 34.5 Å². The first kappa shape index (κ1) is 35.1. The van der Waals surface area contributed by atoms with Crippen LogP contribution in [0.5, 0.6) is 0 Å². The highest BCUT2D eigenvalue weighted by atomic mass is 16.6. The molecule has 1 fully saturated rings. The molecule has 0 aliphatic heterocycles. The molecule has 3 amide bonds. The van der Waals surface area contributed by atoms with Crippen molar-refractivity contribution in [2.24, 2.45) is 11.8 Å². The Balaban J connectivity index is 1.16. The first-order valence-corrected chi connectivity index (χ1v) is 17.2.